The summed E-state index contributed by atoms with van der Waals surface area (Å²) in [5.74, 6) is -0.354. The number of rotatable bonds is 6. The maximum atomic E-state index is 13.7. The summed E-state index contributed by atoms with van der Waals surface area (Å²) in [4.78, 5) is 16.9. The summed E-state index contributed by atoms with van der Waals surface area (Å²) in [6.07, 6.45) is 6.70. The van der Waals surface area contributed by atoms with E-state index >= 15 is 0 Å². The lowest BCUT2D eigenvalue weighted by molar-refractivity contribution is 0.0237. The lowest BCUT2D eigenvalue weighted by Gasteiger charge is -2.22. The summed E-state index contributed by atoms with van der Waals surface area (Å²) < 4.78 is 26.5. The number of pyridine rings is 1. The van der Waals surface area contributed by atoms with Crippen LogP contribution >= 0.6 is 0 Å². The Morgan fingerprint density at radius 3 is 2.90 bits per heavy atom. The highest BCUT2D eigenvalue weighted by Crippen LogP contribution is 2.18. The first-order valence-corrected chi connectivity index (χ1v) is 9.46. The van der Waals surface area contributed by atoms with Crippen LogP contribution in [0.15, 0.2) is 55.0 Å². The van der Waals surface area contributed by atoms with Crippen molar-refractivity contribution in [3.63, 3.8) is 0 Å². The van der Waals surface area contributed by atoms with Crippen molar-refractivity contribution in [2.75, 3.05) is 13.2 Å². The predicted molar refractivity (Wildman–Crippen MR) is 103 cm³/mol. The van der Waals surface area contributed by atoms with Gasteiger partial charge in [-0.05, 0) is 35.9 Å². The molecule has 3 heterocycles. The number of amides is 1. The standard InChI is InChI=1S/C21H21FN4O3/c22-16-2-3-19(26-9-1-7-25-26)18(13-16)21(27)24-14-15-4-8-23-20(12-15)29-17-5-10-28-11-6-17/h1-4,7-9,12-13,17H,5-6,10-11,14H2,(H,24,27). The summed E-state index contributed by atoms with van der Waals surface area (Å²) in [6, 6.07) is 9.38. The van der Waals surface area contributed by atoms with Crippen LogP contribution in [0.25, 0.3) is 5.69 Å². The number of hydrogen-bond acceptors (Lipinski definition) is 5. The lowest BCUT2D eigenvalue weighted by Crippen LogP contribution is -2.26. The molecule has 3 aromatic rings. The molecule has 1 saturated heterocycles. The number of hydrogen-bond donors (Lipinski definition) is 1. The van der Waals surface area contributed by atoms with Crippen LogP contribution < -0.4 is 10.1 Å². The fraction of sp³-hybridized carbons (Fsp3) is 0.286. The molecular formula is C21H21FN4O3. The van der Waals surface area contributed by atoms with Gasteiger partial charge in [0.25, 0.3) is 5.91 Å². The predicted octanol–water partition coefficient (Wildman–Crippen LogP) is 2.89. The quantitative estimate of drug-likeness (QED) is 0.693. The van der Waals surface area contributed by atoms with Crippen LogP contribution in [0.2, 0.25) is 0 Å². The number of benzene rings is 1. The van der Waals surface area contributed by atoms with Crippen molar-refractivity contribution in [3.05, 3.63) is 71.9 Å². The molecule has 0 bridgehead atoms. The van der Waals surface area contributed by atoms with E-state index in [9.17, 15) is 9.18 Å². The van der Waals surface area contributed by atoms with Crippen LogP contribution in [0.4, 0.5) is 4.39 Å². The minimum atomic E-state index is -0.484. The molecule has 29 heavy (non-hydrogen) atoms. The molecule has 1 amide bonds. The molecule has 0 atom stereocenters. The Balaban J connectivity index is 1.44. The summed E-state index contributed by atoms with van der Waals surface area (Å²) in [7, 11) is 0. The minimum Gasteiger partial charge on any atom is -0.474 e. The molecule has 1 fully saturated rings. The number of aromatic nitrogens is 3. The molecule has 1 aliphatic heterocycles. The number of ether oxygens (including phenoxy) is 2. The molecule has 8 heteroatoms. The van der Waals surface area contributed by atoms with Crippen molar-refractivity contribution < 1.29 is 18.7 Å². The van der Waals surface area contributed by atoms with E-state index in [2.05, 4.69) is 15.4 Å². The second-order valence-corrected chi connectivity index (χ2v) is 6.73. The SMILES string of the molecule is O=C(NCc1ccnc(OC2CCOCC2)c1)c1cc(F)ccc1-n1cccn1. The van der Waals surface area contributed by atoms with Gasteiger partial charge in [-0.15, -0.1) is 0 Å². The van der Waals surface area contributed by atoms with Gasteiger partial charge in [0.15, 0.2) is 0 Å². The van der Waals surface area contributed by atoms with Gasteiger partial charge in [-0.25, -0.2) is 14.1 Å². The number of carbonyl (C=O) groups excluding carboxylic acids is 1. The van der Waals surface area contributed by atoms with Gasteiger partial charge < -0.3 is 14.8 Å². The number of nitrogens with zero attached hydrogens (tertiary/aromatic N) is 3. The zero-order valence-corrected chi connectivity index (χ0v) is 15.8. The van der Waals surface area contributed by atoms with E-state index < -0.39 is 11.7 Å². The molecular weight excluding hydrogens is 375 g/mol. The molecule has 0 spiro atoms. The van der Waals surface area contributed by atoms with Crippen molar-refractivity contribution >= 4 is 5.91 Å². The van der Waals surface area contributed by atoms with Gasteiger partial charge in [-0.3, -0.25) is 4.79 Å². The van der Waals surface area contributed by atoms with Crippen LogP contribution in [0.5, 0.6) is 5.88 Å². The molecule has 0 radical (unpaired) electrons. The molecule has 4 rings (SSSR count). The van der Waals surface area contributed by atoms with E-state index in [4.69, 9.17) is 9.47 Å². The maximum absolute atomic E-state index is 13.7. The first kappa shape index (κ1) is 19.1. The Morgan fingerprint density at radius 2 is 2.10 bits per heavy atom. The second kappa shape index (κ2) is 8.83. The van der Waals surface area contributed by atoms with Crippen molar-refractivity contribution in [2.45, 2.75) is 25.5 Å². The number of carbonyl (C=O) groups is 1. The third kappa shape index (κ3) is 4.78. The topological polar surface area (TPSA) is 78.3 Å². The van der Waals surface area contributed by atoms with Crippen molar-refractivity contribution in [1.29, 1.82) is 0 Å². The third-order valence-electron chi connectivity index (χ3n) is 4.66. The average Bonchev–Trinajstić information content (AvgIpc) is 3.28. The average molecular weight is 396 g/mol. The Kier molecular flexibility index (Phi) is 5.81. The largest absolute Gasteiger partial charge is 0.474 e. The zero-order valence-electron chi connectivity index (χ0n) is 15.8. The van der Waals surface area contributed by atoms with Crippen LogP contribution in [-0.2, 0) is 11.3 Å². The molecule has 150 valence electrons. The summed E-state index contributed by atoms with van der Waals surface area (Å²) in [6.45, 7) is 1.64. The van der Waals surface area contributed by atoms with E-state index in [-0.39, 0.29) is 18.2 Å². The fourth-order valence-corrected chi connectivity index (χ4v) is 3.17. The second-order valence-electron chi connectivity index (χ2n) is 6.73. The van der Waals surface area contributed by atoms with E-state index in [1.807, 2.05) is 0 Å². The van der Waals surface area contributed by atoms with Gasteiger partial charge in [0.05, 0.1) is 24.5 Å². The zero-order chi connectivity index (χ0) is 20.1. The van der Waals surface area contributed by atoms with Crippen molar-refractivity contribution in [2.24, 2.45) is 0 Å². The summed E-state index contributed by atoms with van der Waals surface area (Å²) in [5, 5.41) is 6.95. The smallest absolute Gasteiger partial charge is 0.253 e. The fourth-order valence-electron chi connectivity index (χ4n) is 3.17. The molecule has 7 nitrogen and oxygen atoms in total. The highest BCUT2D eigenvalue weighted by atomic mass is 19.1. The maximum Gasteiger partial charge on any atom is 0.253 e. The molecule has 0 saturated carbocycles. The monoisotopic (exact) mass is 396 g/mol. The van der Waals surface area contributed by atoms with Crippen LogP contribution in [0.1, 0.15) is 28.8 Å². The number of nitrogens with one attached hydrogen (secondary N) is 1. The first-order valence-electron chi connectivity index (χ1n) is 9.46. The van der Waals surface area contributed by atoms with Crippen molar-refractivity contribution in [3.8, 4) is 11.6 Å². The first-order chi connectivity index (χ1) is 14.2. The highest BCUT2D eigenvalue weighted by Gasteiger charge is 2.17. The molecule has 0 aliphatic carbocycles. The van der Waals surface area contributed by atoms with Gasteiger partial charge in [0.1, 0.15) is 11.9 Å². The molecule has 2 aromatic heterocycles. The van der Waals surface area contributed by atoms with Gasteiger partial charge >= 0.3 is 0 Å². The van der Waals surface area contributed by atoms with Crippen molar-refractivity contribution in [1.82, 2.24) is 20.1 Å². The van der Waals surface area contributed by atoms with Gasteiger partial charge in [-0.1, -0.05) is 0 Å². The summed E-state index contributed by atoms with van der Waals surface area (Å²) >= 11 is 0. The summed E-state index contributed by atoms with van der Waals surface area (Å²) in [5.41, 5.74) is 1.56. The Morgan fingerprint density at radius 1 is 1.24 bits per heavy atom. The van der Waals surface area contributed by atoms with Crippen LogP contribution in [0.3, 0.4) is 0 Å². The number of halogens is 1. The van der Waals surface area contributed by atoms with Gasteiger partial charge in [-0.2, -0.15) is 5.10 Å². The van der Waals surface area contributed by atoms with Crippen LogP contribution in [-0.4, -0.2) is 40.0 Å². The Labute approximate surface area is 167 Å². The Bertz CT molecular complexity index is 972. The minimum absolute atomic E-state index is 0.0880. The molecule has 0 unspecified atom stereocenters. The van der Waals surface area contributed by atoms with E-state index in [0.717, 1.165) is 18.4 Å². The van der Waals surface area contributed by atoms with E-state index in [0.29, 0.717) is 24.8 Å². The van der Waals surface area contributed by atoms with Crippen LogP contribution in [0, 0.1) is 5.82 Å². The molecule has 1 aromatic carbocycles. The molecule has 1 N–H and O–H groups in total. The van der Waals surface area contributed by atoms with Gasteiger partial charge in [0.2, 0.25) is 5.88 Å². The molecule has 1 aliphatic rings. The van der Waals surface area contributed by atoms with Gasteiger partial charge in [0, 0.05) is 44.0 Å². The normalized spacial score (nSPS) is 14.5. The highest BCUT2D eigenvalue weighted by molar-refractivity contribution is 5.97. The van der Waals surface area contributed by atoms with E-state index in [1.165, 1.54) is 22.9 Å². The van der Waals surface area contributed by atoms with E-state index in [1.54, 1.807) is 36.8 Å². The third-order valence-corrected chi connectivity index (χ3v) is 4.66. The lowest BCUT2D eigenvalue weighted by atomic mass is 10.1. The Hall–Kier alpha value is -3.26.